The molecule has 1 aliphatic rings. The van der Waals surface area contributed by atoms with Crippen molar-refractivity contribution in [2.45, 2.75) is 52.2 Å². The van der Waals surface area contributed by atoms with Gasteiger partial charge < -0.3 is 10.1 Å². The number of carbonyl (C=O) groups is 1. The summed E-state index contributed by atoms with van der Waals surface area (Å²) in [5.74, 6) is -0.284. The number of piperidine rings is 1. The first-order chi connectivity index (χ1) is 8.88. The van der Waals surface area contributed by atoms with Gasteiger partial charge in [0, 0.05) is 12.1 Å². The lowest BCUT2D eigenvalue weighted by Gasteiger charge is -2.26. The monoisotopic (exact) mass is 265 g/mol. The first kappa shape index (κ1) is 14.1. The Balaban J connectivity index is 2.24. The normalized spacial score (nSPS) is 20.3. The first-order valence-electron chi connectivity index (χ1n) is 6.86. The number of aromatic nitrogens is 2. The summed E-state index contributed by atoms with van der Waals surface area (Å²) in [6.45, 7) is 9.43. The molecule has 0 bridgehead atoms. The summed E-state index contributed by atoms with van der Waals surface area (Å²) >= 11 is 0. The number of nitrogens with one attached hydrogen (secondary N) is 1. The summed E-state index contributed by atoms with van der Waals surface area (Å²) in [6, 6.07) is 0.241. The summed E-state index contributed by atoms with van der Waals surface area (Å²) < 4.78 is 7.30. The molecule has 106 valence electrons. The van der Waals surface area contributed by atoms with Gasteiger partial charge in [-0.05, 0) is 47.1 Å². The minimum absolute atomic E-state index is 0.241. The van der Waals surface area contributed by atoms with E-state index in [1.54, 1.807) is 6.20 Å². The quantitative estimate of drug-likeness (QED) is 0.832. The van der Waals surface area contributed by atoms with Crippen LogP contribution in [0.3, 0.4) is 0 Å². The fourth-order valence-corrected chi connectivity index (χ4v) is 2.35. The van der Waals surface area contributed by atoms with Crippen LogP contribution in [0.2, 0.25) is 0 Å². The van der Waals surface area contributed by atoms with E-state index in [0.29, 0.717) is 5.69 Å². The van der Waals surface area contributed by atoms with Crippen LogP contribution in [-0.4, -0.2) is 34.4 Å². The molecule has 1 atom stereocenters. The van der Waals surface area contributed by atoms with Crippen LogP contribution in [0, 0.1) is 6.92 Å². The number of hydrogen-bond acceptors (Lipinski definition) is 4. The average molecular weight is 265 g/mol. The van der Waals surface area contributed by atoms with E-state index in [-0.39, 0.29) is 12.0 Å². The minimum atomic E-state index is -0.483. The third-order valence-corrected chi connectivity index (χ3v) is 3.19. The van der Waals surface area contributed by atoms with Crippen molar-refractivity contribution in [3.05, 3.63) is 17.5 Å². The lowest BCUT2D eigenvalue weighted by atomic mass is 10.1. The van der Waals surface area contributed by atoms with Gasteiger partial charge in [-0.3, -0.25) is 4.68 Å². The van der Waals surface area contributed by atoms with Gasteiger partial charge in [-0.15, -0.1) is 0 Å². The lowest BCUT2D eigenvalue weighted by molar-refractivity contribution is 0.00518. The van der Waals surface area contributed by atoms with E-state index in [4.69, 9.17) is 4.74 Å². The van der Waals surface area contributed by atoms with E-state index < -0.39 is 5.60 Å². The van der Waals surface area contributed by atoms with E-state index in [1.807, 2.05) is 32.4 Å². The van der Waals surface area contributed by atoms with E-state index in [0.717, 1.165) is 31.5 Å². The first-order valence-corrected chi connectivity index (χ1v) is 6.86. The number of ether oxygens (including phenoxy) is 1. The topological polar surface area (TPSA) is 56.2 Å². The predicted octanol–water partition coefficient (Wildman–Crippen LogP) is 2.07. The fourth-order valence-electron chi connectivity index (χ4n) is 2.35. The molecule has 1 aliphatic heterocycles. The third kappa shape index (κ3) is 3.35. The molecule has 5 nitrogen and oxygen atoms in total. The molecule has 19 heavy (non-hydrogen) atoms. The number of nitrogens with zero attached hydrogens (tertiary/aromatic N) is 2. The van der Waals surface area contributed by atoms with Crippen molar-refractivity contribution < 1.29 is 9.53 Å². The van der Waals surface area contributed by atoms with Crippen LogP contribution in [0.4, 0.5) is 0 Å². The van der Waals surface area contributed by atoms with Gasteiger partial charge in [0.05, 0.1) is 12.2 Å². The number of rotatable bonds is 2. The summed E-state index contributed by atoms with van der Waals surface area (Å²) in [5, 5.41) is 7.71. The van der Waals surface area contributed by atoms with Crippen molar-refractivity contribution in [3.63, 3.8) is 0 Å². The smallest absolute Gasteiger partial charge is 0.357 e. The summed E-state index contributed by atoms with van der Waals surface area (Å²) in [6.07, 6.45) is 3.90. The number of hydrogen-bond donors (Lipinski definition) is 1. The third-order valence-electron chi connectivity index (χ3n) is 3.19. The number of carbonyl (C=O) groups excluding carboxylic acids is 1. The molecule has 1 saturated heterocycles. The van der Waals surface area contributed by atoms with Gasteiger partial charge in [0.1, 0.15) is 11.3 Å². The van der Waals surface area contributed by atoms with Crippen LogP contribution >= 0.6 is 0 Å². The fraction of sp³-hybridized carbons (Fsp3) is 0.714. The zero-order valence-corrected chi connectivity index (χ0v) is 12.2. The highest BCUT2D eigenvalue weighted by Crippen LogP contribution is 2.22. The number of esters is 1. The largest absolute Gasteiger partial charge is 0.455 e. The molecule has 5 heteroatoms. The highest BCUT2D eigenvalue weighted by atomic mass is 16.6. The van der Waals surface area contributed by atoms with Crippen molar-refractivity contribution in [1.29, 1.82) is 0 Å². The molecule has 0 aromatic carbocycles. The molecule has 0 aliphatic carbocycles. The maximum atomic E-state index is 12.3. The minimum Gasteiger partial charge on any atom is -0.455 e. The van der Waals surface area contributed by atoms with Gasteiger partial charge in [0.2, 0.25) is 0 Å². The van der Waals surface area contributed by atoms with Gasteiger partial charge in [-0.25, -0.2) is 4.79 Å². The molecule has 1 fully saturated rings. The second kappa shape index (κ2) is 5.33. The molecule has 0 spiro atoms. The zero-order chi connectivity index (χ0) is 14.0. The molecular formula is C14H23N3O2. The molecule has 2 rings (SSSR count). The van der Waals surface area contributed by atoms with Crippen molar-refractivity contribution in [3.8, 4) is 0 Å². The summed E-state index contributed by atoms with van der Waals surface area (Å²) in [5.41, 5.74) is 0.979. The van der Waals surface area contributed by atoms with Crippen molar-refractivity contribution >= 4 is 5.97 Å². The van der Waals surface area contributed by atoms with Crippen LogP contribution in [-0.2, 0) is 4.74 Å². The van der Waals surface area contributed by atoms with Gasteiger partial charge >= 0.3 is 5.97 Å². The van der Waals surface area contributed by atoms with Crippen molar-refractivity contribution in [2.24, 2.45) is 0 Å². The van der Waals surface area contributed by atoms with Crippen LogP contribution in [0.25, 0.3) is 0 Å². The molecule has 1 aromatic heterocycles. The summed E-state index contributed by atoms with van der Waals surface area (Å²) in [4.78, 5) is 12.3. The predicted molar refractivity (Wildman–Crippen MR) is 73.3 cm³/mol. The Bertz CT molecular complexity index is 454. The van der Waals surface area contributed by atoms with Crippen LogP contribution < -0.4 is 5.32 Å². The van der Waals surface area contributed by atoms with E-state index in [1.165, 1.54) is 0 Å². The Morgan fingerprint density at radius 1 is 1.53 bits per heavy atom. The van der Waals surface area contributed by atoms with Crippen LogP contribution in [0.15, 0.2) is 6.20 Å². The second-order valence-corrected chi connectivity index (χ2v) is 6.12. The van der Waals surface area contributed by atoms with Crippen LogP contribution in [0.1, 0.15) is 55.7 Å². The van der Waals surface area contributed by atoms with Gasteiger partial charge in [0.15, 0.2) is 0 Å². The standard InChI is InChI=1S/C14H23N3O2/c1-10-8-16-17(11-6-5-7-15-9-11)12(10)13(18)19-14(2,3)4/h8,11,15H,5-7,9H2,1-4H3. The molecule has 0 radical (unpaired) electrons. The van der Waals surface area contributed by atoms with Crippen molar-refractivity contribution in [2.75, 3.05) is 13.1 Å². The highest BCUT2D eigenvalue weighted by molar-refractivity contribution is 5.89. The van der Waals surface area contributed by atoms with Gasteiger partial charge in [-0.1, -0.05) is 0 Å². The molecule has 1 N–H and O–H groups in total. The molecule has 0 saturated carbocycles. The van der Waals surface area contributed by atoms with E-state index in [2.05, 4.69) is 10.4 Å². The SMILES string of the molecule is Cc1cnn(C2CCCNC2)c1C(=O)OC(C)(C)C. The maximum absolute atomic E-state index is 12.3. The molecule has 0 amide bonds. The highest BCUT2D eigenvalue weighted by Gasteiger charge is 2.27. The Hall–Kier alpha value is -1.36. The lowest BCUT2D eigenvalue weighted by Crippen LogP contribution is -2.34. The number of aryl methyl sites for hydroxylation is 1. The Kier molecular flexibility index (Phi) is 3.94. The molecule has 1 unspecified atom stereocenters. The molecular weight excluding hydrogens is 242 g/mol. The molecule has 1 aromatic rings. The second-order valence-electron chi connectivity index (χ2n) is 6.12. The van der Waals surface area contributed by atoms with Gasteiger partial charge in [0.25, 0.3) is 0 Å². The van der Waals surface area contributed by atoms with Crippen molar-refractivity contribution in [1.82, 2.24) is 15.1 Å². The average Bonchev–Trinajstić information content (AvgIpc) is 2.70. The maximum Gasteiger partial charge on any atom is 0.357 e. The zero-order valence-electron chi connectivity index (χ0n) is 12.2. The molecule has 2 heterocycles. The van der Waals surface area contributed by atoms with E-state index in [9.17, 15) is 4.79 Å². The van der Waals surface area contributed by atoms with E-state index >= 15 is 0 Å². The van der Waals surface area contributed by atoms with Gasteiger partial charge in [-0.2, -0.15) is 5.10 Å². The Morgan fingerprint density at radius 2 is 2.26 bits per heavy atom. The Morgan fingerprint density at radius 3 is 2.84 bits per heavy atom. The van der Waals surface area contributed by atoms with Crippen LogP contribution in [0.5, 0.6) is 0 Å². The summed E-state index contributed by atoms with van der Waals surface area (Å²) in [7, 11) is 0. The Labute approximate surface area is 114 Å².